The summed E-state index contributed by atoms with van der Waals surface area (Å²) in [5, 5.41) is 4.93. The van der Waals surface area contributed by atoms with Crippen LogP contribution in [0.4, 0.5) is 0 Å². The molecule has 0 saturated heterocycles. The monoisotopic (exact) mass is 383 g/mol. The lowest BCUT2D eigenvalue weighted by Crippen LogP contribution is -2.39. The van der Waals surface area contributed by atoms with E-state index in [4.69, 9.17) is 16.3 Å². The molecule has 2 aromatic heterocycles. The molecule has 0 aliphatic carbocycles. The maximum atomic E-state index is 13.0. The van der Waals surface area contributed by atoms with Gasteiger partial charge in [0.1, 0.15) is 0 Å². The number of carbonyl (C=O) groups excluding carboxylic acids is 2. The molecule has 3 aromatic rings. The SMILES string of the molecule is COC(=O)c1ccc2c(c1)CCN(C(=O)c1cc3ccc(Cl)cn3n1)C2C. The van der Waals surface area contributed by atoms with Crippen LogP contribution in [-0.4, -0.2) is 40.0 Å². The third-order valence-electron chi connectivity index (χ3n) is 5.01. The second kappa shape index (κ2) is 6.70. The van der Waals surface area contributed by atoms with E-state index in [2.05, 4.69) is 5.10 Å². The number of benzene rings is 1. The Bertz CT molecular complexity index is 1060. The van der Waals surface area contributed by atoms with Crippen LogP contribution in [0.2, 0.25) is 5.02 Å². The third kappa shape index (κ3) is 3.06. The summed E-state index contributed by atoms with van der Waals surface area (Å²) < 4.78 is 6.40. The molecule has 1 atom stereocenters. The zero-order chi connectivity index (χ0) is 19.1. The summed E-state index contributed by atoms with van der Waals surface area (Å²) in [6.45, 7) is 2.55. The van der Waals surface area contributed by atoms with Crippen molar-refractivity contribution in [3.8, 4) is 0 Å². The van der Waals surface area contributed by atoms with Gasteiger partial charge in [-0.2, -0.15) is 5.10 Å². The van der Waals surface area contributed by atoms with Gasteiger partial charge in [0.15, 0.2) is 5.69 Å². The summed E-state index contributed by atoms with van der Waals surface area (Å²) in [5.74, 6) is -0.475. The second-order valence-electron chi connectivity index (χ2n) is 6.58. The van der Waals surface area contributed by atoms with Gasteiger partial charge in [-0.15, -0.1) is 0 Å². The highest BCUT2D eigenvalue weighted by Gasteiger charge is 2.30. The fraction of sp³-hybridized carbons (Fsp3) is 0.250. The Hall–Kier alpha value is -2.86. The van der Waals surface area contributed by atoms with Crippen molar-refractivity contribution in [2.75, 3.05) is 13.7 Å². The predicted octanol–water partition coefficient (Wildman–Crippen LogP) is 3.53. The molecule has 1 unspecified atom stereocenters. The molecule has 0 N–H and O–H groups in total. The summed E-state index contributed by atoms with van der Waals surface area (Å²) in [6.07, 6.45) is 2.35. The number of carbonyl (C=O) groups is 2. The predicted molar refractivity (Wildman–Crippen MR) is 101 cm³/mol. The van der Waals surface area contributed by atoms with E-state index in [0.29, 0.717) is 29.2 Å². The standard InChI is InChI=1S/C20H18ClN3O3/c1-12-17-6-3-14(20(26)27-2)9-13(17)7-8-23(12)19(25)18-10-16-5-4-15(21)11-24(16)22-18/h3-6,9-12H,7-8H2,1-2H3. The number of ether oxygens (including phenoxy) is 1. The lowest BCUT2D eigenvalue weighted by atomic mass is 9.91. The van der Waals surface area contributed by atoms with Gasteiger partial charge in [0.2, 0.25) is 0 Å². The van der Waals surface area contributed by atoms with Gasteiger partial charge in [0.05, 0.1) is 29.3 Å². The number of methoxy groups -OCH3 is 1. The molecule has 0 spiro atoms. The van der Waals surface area contributed by atoms with Gasteiger partial charge >= 0.3 is 5.97 Å². The largest absolute Gasteiger partial charge is 0.465 e. The van der Waals surface area contributed by atoms with Gasteiger partial charge < -0.3 is 9.64 Å². The van der Waals surface area contributed by atoms with Crippen LogP contribution in [-0.2, 0) is 11.2 Å². The maximum Gasteiger partial charge on any atom is 0.337 e. The molecular weight excluding hydrogens is 366 g/mol. The van der Waals surface area contributed by atoms with Gasteiger partial charge in [-0.05, 0) is 54.8 Å². The first-order valence-electron chi connectivity index (χ1n) is 8.65. The van der Waals surface area contributed by atoms with Crippen molar-refractivity contribution in [2.45, 2.75) is 19.4 Å². The van der Waals surface area contributed by atoms with E-state index < -0.39 is 0 Å². The molecule has 27 heavy (non-hydrogen) atoms. The number of hydrogen-bond donors (Lipinski definition) is 0. The normalized spacial score (nSPS) is 16.3. The van der Waals surface area contributed by atoms with E-state index >= 15 is 0 Å². The molecule has 0 radical (unpaired) electrons. The second-order valence-corrected chi connectivity index (χ2v) is 7.01. The molecule has 138 valence electrons. The summed E-state index contributed by atoms with van der Waals surface area (Å²) in [4.78, 5) is 26.6. The van der Waals surface area contributed by atoms with E-state index in [1.165, 1.54) is 7.11 Å². The summed E-state index contributed by atoms with van der Waals surface area (Å²) in [7, 11) is 1.37. The molecule has 7 heteroatoms. The molecule has 1 aliphatic rings. The first-order chi connectivity index (χ1) is 13.0. The van der Waals surface area contributed by atoms with E-state index in [-0.39, 0.29) is 17.9 Å². The highest BCUT2D eigenvalue weighted by Crippen LogP contribution is 2.31. The Balaban J connectivity index is 1.63. The number of amides is 1. The Morgan fingerprint density at radius 3 is 2.81 bits per heavy atom. The van der Waals surface area contributed by atoms with E-state index in [9.17, 15) is 9.59 Å². The zero-order valence-corrected chi connectivity index (χ0v) is 15.7. The molecule has 3 heterocycles. The van der Waals surface area contributed by atoms with Crippen LogP contribution in [0.3, 0.4) is 0 Å². The van der Waals surface area contributed by atoms with Crippen LogP contribution in [0.5, 0.6) is 0 Å². The minimum Gasteiger partial charge on any atom is -0.465 e. The number of esters is 1. The lowest BCUT2D eigenvalue weighted by molar-refractivity contribution is 0.0597. The van der Waals surface area contributed by atoms with Crippen molar-refractivity contribution in [1.29, 1.82) is 0 Å². The number of halogens is 1. The van der Waals surface area contributed by atoms with Gasteiger partial charge in [-0.3, -0.25) is 4.79 Å². The number of pyridine rings is 1. The van der Waals surface area contributed by atoms with E-state index in [1.807, 2.05) is 30.0 Å². The lowest BCUT2D eigenvalue weighted by Gasteiger charge is -2.35. The number of hydrogen-bond acceptors (Lipinski definition) is 4. The Morgan fingerprint density at radius 1 is 1.22 bits per heavy atom. The smallest absolute Gasteiger partial charge is 0.337 e. The Labute approximate surface area is 161 Å². The summed E-state index contributed by atoms with van der Waals surface area (Å²) in [6, 6.07) is 10.7. The molecule has 1 aromatic carbocycles. The van der Waals surface area contributed by atoms with Crippen molar-refractivity contribution < 1.29 is 14.3 Å². The van der Waals surface area contributed by atoms with Crippen molar-refractivity contribution in [3.63, 3.8) is 0 Å². The van der Waals surface area contributed by atoms with Gasteiger partial charge in [-0.1, -0.05) is 17.7 Å². The summed E-state index contributed by atoms with van der Waals surface area (Å²) >= 11 is 5.99. The number of fused-ring (bicyclic) bond motifs is 2. The van der Waals surface area contributed by atoms with Crippen molar-refractivity contribution in [2.24, 2.45) is 0 Å². The average Bonchev–Trinajstić information content (AvgIpc) is 3.10. The molecule has 0 fully saturated rings. The highest BCUT2D eigenvalue weighted by atomic mass is 35.5. The van der Waals surface area contributed by atoms with Crippen molar-refractivity contribution in [3.05, 3.63) is 70.0 Å². The fourth-order valence-electron chi connectivity index (χ4n) is 3.57. The van der Waals surface area contributed by atoms with Gasteiger partial charge in [-0.25, -0.2) is 9.31 Å². The number of rotatable bonds is 2. The van der Waals surface area contributed by atoms with Gasteiger partial charge in [0, 0.05) is 12.7 Å². The molecule has 6 nitrogen and oxygen atoms in total. The maximum absolute atomic E-state index is 13.0. The molecular formula is C20H18ClN3O3. The first-order valence-corrected chi connectivity index (χ1v) is 9.03. The van der Waals surface area contributed by atoms with Crippen LogP contribution in [0, 0.1) is 0 Å². The Kier molecular flexibility index (Phi) is 4.36. The topological polar surface area (TPSA) is 63.9 Å². The van der Waals surface area contributed by atoms with Gasteiger partial charge in [0.25, 0.3) is 5.91 Å². The van der Waals surface area contributed by atoms with Crippen LogP contribution in [0.15, 0.2) is 42.6 Å². The fourth-order valence-corrected chi connectivity index (χ4v) is 3.72. The molecule has 1 amide bonds. The molecule has 0 saturated carbocycles. The van der Waals surface area contributed by atoms with Crippen molar-refractivity contribution >= 4 is 29.0 Å². The molecule has 1 aliphatic heterocycles. The molecule has 4 rings (SSSR count). The van der Waals surface area contributed by atoms with E-state index in [0.717, 1.165) is 16.6 Å². The van der Waals surface area contributed by atoms with Crippen LogP contribution < -0.4 is 0 Å². The highest BCUT2D eigenvalue weighted by molar-refractivity contribution is 6.30. The Morgan fingerprint density at radius 2 is 2.04 bits per heavy atom. The van der Waals surface area contributed by atoms with Crippen LogP contribution >= 0.6 is 11.6 Å². The molecule has 0 bridgehead atoms. The zero-order valence-electron chi connectivity index (χ0n) is 15.0. The van der Waals surface area contributed by atoms with Crippen LogP contribution in [0.25, 0.3) is 5.52 Å². The minimum atomic E-state index is -0.354. The number of aromatic nitrogens is 2. The first kappa shape index (κ1) is 17.5. The third-order valence-corrected chi connectivity index (χ3v) is 5.23. The quantitative estimate of drug-likeness (QED) is 0.635. The summed E-state index contributed by atoms with van der Waals surface area (Å²) in [5.41, 5.74) is 3.83. The van der Waals surface area contributed by atoms with Crippen molar-refractivity contribution in [1.82, 2.24) is 14.5 Å². The van der Waals surface area contributed by atoms with Crippen LogP contribution in [0.1, 0.15) is 44.9 Å². The van der Waals surface area contributed by atoms with E-state index in [1.54, 1.807) is 28.9 Å². The minimum absolute atomic E-state index is 0.110. The average molecular weight is 384 g/mol. The number of nitrogens with zero attached hydrogens (tertiary/aromatic N) is 3.